The summed E-state index contributed by atoms with van der Waals surface area (Å²) in [6.45, 7) is 0.712. The Balaban J connectivity index is 1.75. The first-order valence-electron chi connectivity index (χ1n) is 5.30. The fourth-order valence-electron chi connectivity index (χ4n) is 1.36. The molecule has 0 radical (unpaired) electrons. The molecule has 1 aromatic heterocycles. The van der Waals surface area contributed by atoms with Crippen molar-refractivity contribution in [2.75, 3.05) is 11.9 Å². The third kappa shape index (κ3) is 3.05. The van der Waals surface area contributed by atoms with Crippen molar-refractivity contribution in [1.82, 2.24) is 5.32 Å². The molecular formula is C11H13N3OS. The van der Waals surface area contributed by atoms with E-state index >= 15 is 0 Å². The lowest BCUT2D eigenvalue weighted by Crippen LogP contribution is -2.23. The number of anilines is 1. The largest absolute Gasteiger partial charge is 0.317 e. The van der Waals surface area contributed by atoms with Gasteiger partial charge in [0.1, 0.15) is 11.1 Å². The molecule has 0 saturated heterocycles. The molecule has 0 spiro atoms. The second-order valence-corrected chi connectivity index (χ2v) is 4.72. The molecule has 4 nitrogen and oxygen atoms in total. The number of nitrogens with one attached hydrogen (secondary N) is 2. The highest BCUT2D eigenvalue weighted by Gasteiger charge is 2.20. The van der Waals surface area contributed by atoms with Crippen LogP contribution in [0.25, 0.3) is 0 Å². The fraction of sp³-hybridized carbons (Fsp3) is 0.455. The number of rotatable bonds is 5. The normalized spacial score (nSPS) is 14.4. The van der Waals surface area contributed by atoms with Crippen LogP contribution in [0.1, 0.15) is 24.8 Å². The topological polar surface area (TPSA) is 64.9 Å². The van der Waals surface area contributed by atoms with Gasteiger partial charge in [0, 0.05) is 19.0 Å². The van der Waals surface area contributed by atoms with Gasteiger partial charge in [-0.3, -0.25) is 4.79 Å². The van der Waals surface area contributed by atoms with Crippen LogP contribution >= 0.6 is 11.3 Å². The Labute approximate surface area is 98.3 Å². The third-order valence-corrected chi connectivity index (χ3v) is 3.23. The molecule has 0 aromatic carbocycles. The molecule has 0 atom stereocenters. The Bertz CT molecular complexity index is 417. The Morgan fingerprint density at radius 2 is 2.44 bits per heavy atom. The smallest absolute Gasteiger partial charge is 0.226 e. The Hall–Kier alpha value is -1.38. The number of thiophene rings is 1. The van der Waals surface area contributed by atoms with Crippen LogP contribution in [0, 0.1) is 11.3 Å². The average molecular weight is 235 g/mol. The molecule has 5 heteroatoms. The molecule has 1 fully saturated rings. The third-order valence-electron chi connectivity index (χ3n) is 2.40. The van der Waals surface area contributed by atoms with Crippen molar-refractivity contribution in [2.24, 2.45) is 0 Å². The summed E-state index contributed by atoms with van der Waals surface area (Å²) >= 11 is 1.38. The van der Waals surface area contributed by atoms with Gasteiger partial charge in [-0.1, -0.05) is 0 Å². The molecule has 84 valence electrons. The minimum atomic E-state index is -0.0351. The van der Waals surface area contributed by atoms with Crippen molar-refractivity contribution in [3.8, 4) is 6.07 Å². The lowest BCUT2D eigenvalue weighted by Gasteiger charge is -2.03. The molecule has 0 bridgehead atoms. The standard InChI is InChI=1S/C11H13N3OS/c12-7-8-4-6-16-11(8)14-10(15)3-5-13-9-1-2-9/h4,6,9,13H,1-3,5H2,(H,14,15). The molecule has 1 aromatic rings. The number of nitriles is 1. The summed E-state index contributed by atoms with van der Waals surface area (Å²) in [6, 6.07) is 4.39. The maximum atomic E-state index is 11.5. The van der Waals surface area contributed by atoms with Gasteiger partial charge in [-0.2, -0.15) is 5.26 Å². The molecule has 2 N–H and O–H groups in total. The molecule has 1 aliphatic carbocycles. The summed E-state index contributed by atoms with van der Waals surface area (Å²) in [4.78, 5) is 11.5. The van der Waals surface area contributed by atoms with E-state index in [-0.39, 0.29) is 5.91 Å². The number of carbonyl (C=O) groups excluding carboxylic acids is 1. The number of amides is 1. The average Bonchev–Trinajstić information content (AvgIpc) is 2.98. The molecule has 2 rings (SSSR count). The predicted molar refractivity (Wildman–Crippen MR) is 63.3 cm³/mol. The summed E-state index contributed by atoms with van der Waals surface area (Å²) in [5, 5.41) is 17.3. The zero-order valence-corrected chi connectivity index (χ0v) is 9.64. The van der Waals surface area contributed by atoms with Crippen molar-refractivity contribution in [1.29, 1.82) is 5.26 Å². The zero-order chi connectivity index (χ0) is 11.4. The Morgan fingerprint density at radius 1 is 1.62 bits per heavy atom. The van der Waals surface area contributed by atoms with Crippen LogP contribution in [-0.2, 0) is 4.79 Å². The second-order valence-electron chi connectivity index (χ2n) is 3.80. The second kappa shape index (κ2) is 5.10. The molecule has 1 amide bonds. The van der Waals surface area contributed by atoms with Crippen LogP contribution in [0.2, 0.25) is 0 Å². The van der Waals surface area contributed by atoms with E-state index in [4.69, 9.17) is 5.26 Å². The highest BCUT2D eigenvalue weighted by atomic mass is 32.1. The molecule has 16 heavy (non-hydrogen) atoms. The molecule has 0 unspecified atom stereocenters. The lowest BCUT2D eigenvalue weighted by atomic mass is 10.3. The summed E-state index contributed by atoms with van der Waals surface area (Å²) < 4.78 is 0. The highest BCUT2D eigenvalue weighted by Crippen LogP contribution is 2.22. The number of hydrogen-bond acceptors (Lipinski definition) is 4. The van der Waals surface area contributed by atoms with Gasteiger partial charge in [-0.05, 0) is 24.3 Å². The van der Waals surface area contributed by atoms with E-state index in [2.05, 4.69) is 10.6 Å². The maximum Gasteiger partial charge on any atom is 0.226 e. The predicted octanol–water partition coefficient (Wildman–Crippen LogP) is 1.70. The van der Waals surface area contributed by atoms with Gasteiger partial charge in [0.05, 0.1) is 5.56 Å². The SMILES string of the molecule is N#Cc1ccsc1NC(=O)CCNC1CC1. The summed E-state index contributed by atoms with van der Waals surface area (Å²) in [5.41, 5.74) is 0.536. The number of carbonyl (C=O) groups is 1. The van der Waals surface area contributed by atoms with E-state index in [1.807, 2.05) is 6.07 Å². The van der Waals surface area contributed by atoms with Crippen molar-refractivity contribution in [2.45, 2.75) is 25.3 Å². The van der Waals surface area contributed by atoms with Crippen LogP contribution in [-0.4, -0.2) is 18.5 Å². The Morgan fingerprint density at radius 3 is 3.12 bits per heavy atom. The molecule has 0 aliphatic heterocycles. The van der Waals surface area contributed by atoms with Crippen molar-refractivity contribution >= 4 is 22.2 Å². The zero-order valence-electron chi connectivity index (χ0n) is 8.82. The van der Waals surface area contributed by atoms with Crippen molar-refractivity contribution < 1.29 is 4.79 Å². The van der Waals surface area contributed by atoms with E-state index in [9.17, 15) is 4.79 Å². The van der Waals surface area contributed by atoms with Crippen LogP contribution in [0.5, 0.6) is 0 Å². The van der Waals surface area contributed by atoms with Gasteiger partial charge in [-0.25, -0.2) is 0 Å². The molecule has 1 heterocycles. The van der Waals surface area contributed by atoms with Gasteiger partial charge >= 0.3 is 0 Å². The van der Waals surface area contributed by atoms with Crippen LogP contribution in [0.3, 0.4) is 0 Å². The quantitative estimate of drug-likeness (QED) is 0.816. The lowest BCUT2D eigenvalue weighted by molar-refractivity contribution is -0.116. The minimum absolute atomic E-state index is 0.0351. The van der Waals surface area contributed by atoms with E-state index in [1.54, 1.807) is 11.4 Å². The minimum Gasteiger partial charge on any atom is -0.317 e. The van der Waals surface area contributed by atoms with E-state index in [1.165, 1.54) is 24.2 Å². The van der Waals surface area contributed by atoms with Gasteiger partial charge < -0.3 is 10.6 Å². The van der Waals surface area contributed by atoms with E-state index in [0.717, 1.165) is 0 Å². The maximum absolute atomic E-state index is 11.5. The van der Waals surface area contributed by atoms with Crippen LogP contribution in [0.4, 0.5) is 5.00 Å². The first-order chi connectivity index (χ1) is 7.79. The van der Waals surface area contributed by atoms with Crippen LogP contribution < -0.4 is 10.6 Å². The molecule has 1 saturated carbocycles. The molecule has 1 aliphatic rings. The van der Waals surface area contributed by atoms with Gasteiger partial charge in [0.25, 0.3) is 0 Å². The van der Waals surface area contributed by atoms with Gasteiger partial charge in [0.15, 0.2) is 0 Å². The van der Waals surface area contributed by atoms with Crippen molar-refractivity contribution in [3.63, 3.8) is 0 Å². The van der Waals surface area contributed by atoms with Gasteiger partial charge in [0.2, 0.25) is 5.91 Å². The van der Waals surface area contributed by atoms with Crippen molar-refractivity contribution in [3.05, 3.63) is 17.0 Å². The highest BCUT2D eigenvalue weighted by molar-refractivity contribution is 7.14. The summed E-state index contributed by atoms with van der Waals surface area (Å²) in [5.74, 6) is -0.0351. The first kappa shape index (κ1) is 11.1. The summed E-state index contributed by atoms with van der Waals surface area (Å²) in [7, 11) is 0. The van der Waals surface area contributed by atoms with E-state index in [0.29, 0.717) is 29.6 Å². The number of nitrogens with zero attached hydrogens (tertiary/aromatic N) is 1. The Kier molecular flexibility index (Phi) is 3.54. The van der Waals surface area contributed by atoms with Gasteiger partial charge in [-0.15, -0.1) is 11.3 Å². The molecular weight excluding hydrogens is 222 g/mol. The number of hydrogen-bond donors (Lipinski definition) is 2. The first-order valence-corrected chi connectivity index (χ1v) is 6.18. The monoisotopic (exact) mass is 235 g/mol. The fourth-order valence-corrected chi connectivity index (χ4v) is 2.11. The van der Waals surface area contributed by atoms with E-state index < -0.39 is 0 Å². The summed E-state index contributed by atoms with van der Waals surface area (Å²) in [6.07, 6.45) is 2.91. The van der Waals surface area contributed by atoms with Crippen LogP contribution in [0.15, 0.2) is 11.4 Å².